The second-order valence-electron chi connectivity index (χ2n) is 3.14. The molecule has 2 nitrogen and oxygen atoms in total. The van der Waals surface area contributed by atoms with E-state index in [1.807, 2.05) is 0 Å². The van der Waals surface area contributed by atoms with Crippen LogP contribution in [0.5, 0.6) is 0 Å². The molecule has 6 heteroatoms. The van der Waals surface area contributed by atoms with Gasteiger partial charge in [0, 0.05) is 10.7 Å². The fourth-order valence-electron chi connectivity index (χ4n) is 1.34. The standard InChI is InChI=1S/C10H6Br2Cl2N2/c11-3-9-10(4-12)16-8-2-6(14)5(13)1-7(8)15-9/h1-2H,3-4H2. The Morgan fingerprint density at radius 2 is 1.25 bits per heavy atom. The van der Waals surface area contributed by atoms with Crippen LogP contribution in [0.25, 0.3) is 11.0 Å². The first kappa shape index (κ1) is 12.6. The van der Waals surface area contributed by atoms with Crippen LogP contribution in [-0.4, -0.2) is 9.97 Å². The maximum atomic E-state index is 5.94. The number of benzene rings is 1. The molecular formula is C10H6Br2Cl2N2. The fraction of sp³-hybridized carbons (Fsp3) is 0.200. The van der Waals surface area contributed by atoms with E-state index in [4.69, 9.17) is 23.2 Å². The summed E-state index contributed by atoms with van der Waals surface area (Å²) in [7, 11) is 0. The van der Waals surface area contributed by atoms with E-state index in [1.165, 1.54) is 0 Å². The summed E-state index contributed by atoms with van der Waals surface area (Å²) in [4.78, 5) is 8.97. The van der Waals surface area contributed by atoms with Gasteiger partial charge in [0.05, 0.1) is 32.5 Å². The molecule has 1 aromatic carbocycles. The van der Waals surface area contributed by atoms with E-state index >= 15 is 0 Å². The highest BCUT2D eigenvalue weighted by atomic mass is 79.9. The molecule has 0 radical (unpaired) electrons. The van der Waals surface area contributed by atoms with E-state index in [1.54, 1.807) is 12.1 Å². The molecule has 0 spiro atoms. The number of hydrogen-bond acceptors (Lipinski definition) is 2. The second-order valence-corrected chi connectivity index (χ2v) is 5.08. The third-order valence-corrected chi connectivity index (χ3v) is 3.90. The third kappa shape index (κ3) is 2.35. The Labute approximate surface area is 120 Å². The zero-order chi connectivity index (χ0) is 11.7. The van der Waals surface area contributed by atoms with Crippen LogP contribution in [0.15, 0.2) is 12.1 Å². The van der Waals surface area contributed by atoms with Crippen molar-refractivity contribution >= 4 is 66.1 Å². The van der Waals surface area contributed by atoms with Gasteiger partial charge in [-0.15, -0.1) is 0 Å². The molecule has 0 amide bonds. The van der Waals surface area contributed by atoms with Crippen molar-refractivity contribution < 1.29 is 0 Å². The predicted molar refractivity (Wildman–Crippen MR) is 74.8 cm³/mol. The summed E-state index contributed by atoms with van der Waals surface area (Å²) in [6, 6.07) is 3.47. The van der Waals surface area contributed by atoms with Gasteiger partial charge in [-0.1, -0.05) is 55.1 Å². The molecule has 0 bridgehead atoms. The fourth-order valence-corrected chi connectivity index (χ4v) is 2.55. The number of hydrogen-bond donors (Lipinski definition) is 0. The van der Waals surface area contributed by atoms with Crippen molar-refractivity contribution in [2.75, 3.05) is 0 Å². The van der Waals surface area contributed by atoms with Crippen molar-refractivity contribution in [3.63, 3.8) is 0 Å². The Morgan fingerprint density at radius 1 is 0.875 bits per heavy atom. The molecular weight excluding hydrogens is 379 g/mol. The zero-order valence-corrected chi connectivity index (χ0v) is 12.7. The van der Waals surface area contributed by atoms with Gasteiger partial charge in [0.2, 0.25) is 0 Å². The quantitative estimate of drug-likeness (QED) is 0.700. The highest BCUT2D eigenvalue weighted by Crippen LogP contribution is 2.27. The van der Waals surface area contributed by atoms with Crippen LogP contribution >= 0.6 is 55.1 Å². The summed E-state index contributed by atoms with van der Waals surface area (Å²) < 4.78 is 0. The third-order valence-electron chi connectivity index (χ3n) is 2.11. The summed E-state index contributed by atoms with van der Waals surface area (Å²) in [5, 5.41) is 2.32. The van der Waals surface area contributed by atoms with Crippen LogP contribution in [0.1, 0.15) is 11.4 Å². The molecule has 0 saturated heterocycles. The van der Waals surface area contributed by atoms with Crippen LogP contribution in [0.4, 0.5) is 0 Å². The van der Waals surface area contributed by atoms with Crippen molar-refractivity contribution in [2.24, 2.45) is 0 Å². The number of nitrogens with zero attached hydrogens (tertiary/aromatic N) is 2. The molecule has 0 aliphatic carbocycles. The van der Waals surface area contributed by atoms with Gasteiger partial charge in [0.25, 0.3) is 0 Å². The lowest BCUT2D eigenvalue weighted by Crippen LogP contribution is -1.98. The SMILES string of the molecule is Clc1cc2nc(CBr)c(CBr)nc2cc1Cl. The molecule has 0 aliphatic rings. The maximum absolute atomic E-state index is 5.94. The van der Waals surface area contributed by atoms with E-state index in [2.05, 4.69) is 41.8 Å². The van der Waals surface area contributed by atoms with Crippen molar-refractivity contribution in [3.05, 3.63) is 33.6 Å². The summed E-state index contributed by atoms with van der Waals surface area (Å²) in [5.41, 5.74) is 3.33. The molecule has 84 valence electrons. The predicted octanol–water partition coefficient (Wildman–Crippen LogP) is 4.73. The molecule has 2 aromatic rings. The van der Waals surface area contributed by atoms with Crippen molar-refractivity contribution in [3.8, 4) is 0 Å². The number of fused-ring (bicyclic) bond motifs is 1. The lowest BCUT2D eigenvalue weighted by molar-refractivity contribution is 1.08. The van der Waals surface area contributed by atoms with E-state index in [9.17, 15) is 0 Å². The summed E-state index contributed by atoms with van der Waals surface area (Å²) in [6.07, 6.45) is 0. The lowest BCUT2D eigenvalue weighted by Gasteiger charge is -2.06. The van der Waals surface area contributed by atoms with Crippen LogP contribution in [0, 0.1) is 0 Å². The Balaban J connectivity index is 2.73. The molecule has 2 rings (SSSR count). The molecule has 0 saturated carbocycles. The zero-order valence-electron chi connectivity index (χ0n) is 7.98. The van der Waals surface area contributed by atoms with Gasteiger partial charge in [0.1, 0.15) is 0 Å². The molecule has 0 atom stereocenters. The maximum Gasteiger partial charge on any atom is 0.0906 e. The highest BCUT2D eigenvalue weighted by Gasteiger charge is 2.09. The van der Waals surface area contributed by atoms with Crippen molar-refractivity contribution in [2.45, 2.75) is 10.7 Å². The molecule has 0 aliphatic heterocycles. The summed E-state index contributed by atoms with van der Waals surface area (Å²) in [6.45, 7) is 0. The van der Waals surface area contributed by atoms with Crippen LogP contribution in [0.3, 0.4) is 0 Å². The molecule has 16 heavy (non-hydrogen) atoms. The lowest BCUT2D eigenvalue weighted by atomic mass is 10.2. The Hall–Kier alpha value is 0.1000. The molecule has 1 aromatic heterocycles. The van der Waals surface area contributed by atoms with E-state index in [-0.39, 0.29) is 0 Å². The van der Waals surface area contributed by atoms with Crippen LogP contribution < -0.4 is 0 Å². The molecule has 0 N–H and O–H groups in total. The second kappa shape index (κ2) is 5.17. The minimum atomic E-state index is 0.496. The monoisotopic (exact) mass is 382 g/mol. The van der Waals surface area contributed by atoms with Gasteiger partial charge < -0.3 is 0 Å². The minimum Gasteiger partial charge on any atom is -0.248 e. The number of rotatable bonds is 2. The van der Waals surface area contributed by atoms with Crippen molar-refractivity contribution in [1.82, 2.24) is 9.97 Å². The average molecular weight is 385 g/mol. The molecule has 1 heterocycles. The van der Waals surface area contributed by atoms with Gasteiger partial charge in [-0.05, 0) is 12.1 Å². The topological polar surface area (TPSA) is 25.8 Å². The number of alkyl halides is 2. The van der Waals surface area contributed by atoms with E-state index < -0.39 is 0 Å². The van der Waals surface area contributed by atoms with Gasteiger partial charge in [-0.2, -0.15) is 0 Å². The number of halogens is 4. The summed E-state index contributed by atoms with van der Waals surface area (Å²) in [5.74, 6) is 0. The smallest absolute Gasteiger partial charge is 0.0906 e. The van der Waals surface area contributed by atoms with Gasteiger partial charge in [0.15, 0.2) is 0 Å². The first-order valence-corrected chi connectivity index (χ1v) is 7.42. The van der Waals surface area contributed by atoms with Gasteiger partial charge in [-0.3, -0.25) is 0 Å². The Kier molecular flexibility index (Phi) is 4.06. The minimum absolute atomic E-state index is 0.496. The van der Waals surface area contributed by atoms with E-state index in [0.29, 0.717) is 20.7 Å². The first-order chi connectivity index (χ1) is 7.65. The largest absolute Gasteiger partial charge is 0.248 e. The average Bonchev–Trinajstić information content (AvgIpc) is 2.29. The number of aromatic nitrogens is 2. The van der Waals surface area contributed by atoms with Crippen LogP contribution in [-0.2, 0) is 10.7 Å². The first-order valence-electron chi connectivity index (χ1n) is 4.42. The molecule has 0 fully saturated rings. The highest BCUT2D eigenvalue weighted by molar-refractivity contribution is 9.09. The Morgan fingerprint density at radius 3 is 1.56 bits per heavy atom. The normalized spacial score (nSPS) is 11.0. The molecule has 0 unspecified atom stereocenters. The van der Waals surface area contributed by atoms with E-state index in [0.717, 1.165) is 22.4 Å². The summed E-state index contributed by atoms with van der Waals surface area (Å²) >= 11 is 18.6. The van der Waals surface area contributed by atoms with Gasteiger partial charge >= 0.3 is 0 Å². The van der Waals surface area contributed by atoms with Crippen molar-refractivity contribution in [1.29, 1.82) is 0 Å². The Bertz CT molecular complexity index is 497. The van der Waals surface area contributed by atoms with Gasteiger partial charge in [-0.25, -0.2) is 9.97 Å². The van der Waals surface area contributed by atoms with Crippen LogP contribution in [0.2, 0.25) is 10.0 Å².